The number of esters is 1. The molecule has 0 aromatic heterocycles. The van der Waals surface area contributed by atoms with Crippen molar-refractivity contribution in [2.24, 2.45) is 0 Å². The highest BCUT2D eigenvalue weighted by atomic mass is 32.5. The molecule has 2 aliphatic heterocycles. The van der Waals surface area contributed by atoms with E-state index in [4.69, 9.17) is 30.1 Å². The molecule has 0 atom stereocenters. The number of rotatable bonds is 6. The molecule has 24 heavy (non-hydrogen) atoms. The maximum atomic E-state index is 12.3. The highest BCUT2D eigenvalue weighted by Crippen LogP contribution is 2.52. The first-order valence-electron chi connectivity index (χ1n) is 8.23. The predicted octanol–water partition coefficient (Wildman–Crippen LogP) is 4.61. The van der Waals surface area contributed by atoms with E-state index in [1.165, 1.54) is 0 Å². The molecule has 0 radical (unpaired) electrons. The first kappa shape index (κ1) is 17.6. The van der Waals surface area contributed by atoms with Crippen molar-refractivity contribution >= 4 is 30.1 Å². The van der Waals surface area contributed by atoms with E-state index < -0.39 is 6.72 Å². The molecular formula is C17H21O5PS. The van der Waals surface area contributed by atoms with Gasteiger partial charge >= 0.3 is 12.7 Å². The molecule has 0 amide bonds. The summed E-state index contributed by atoms with van der Waals surface area (Å²) < 4.78 is 22.7. The lowest BCUT2D eigenvalue weighted by atomic mass is 9.86. The number of benzene rings is 1. The third-order valence-corrected chi connectivity index (χ3v) is 6.41. The summed E-state index contributed by atoms with van der Waals surface area (Å²) in [6.07, 6.45) is 3.60. The van der Waals surface area contributed by atoms with E-state index >= 15 is 0 Å². The van der Waals surface area contributed by atoms with E-state index in [-0.39, 0.29) is 5.97 Å². The van der Waals surface area contributed by atoms with Gasteiger partial charge in [-0.2, -0.15) is 0 Å². The summed E-state index contributed by atoms with van der Waals surface area (Å²) in [5.41, 5.74) is 2.62. The maximum absolute atomic E-state index is 12.3. The topological polar surface area (TPSA) is 54.0 Å². The summed E-state index contributed by atoms with van der Waals surface area (Å²) >= 11 is 5.48. The summed E-state index contributed by atoms with van der Waals surface area (Å²) in [5.74, 6) is 0.760. The molecule has 7 heteroatoms. The van der Waals surface area contributed by atoms with Crippen molar-refractivity contribution in [1.82, 2.24) is 0 Å². The average molecular weight is 368 g/mol. The van der Waals surface area contributed by atoms with Crippen molar-refractivity contribution in [2.75, 3.05) is 13.2 Å². The minimum absolute atomic E-state index is 0.258. The Morgan fingerprint density at radius 2 is 1.79 bits per heavy atom. The van der Waals surface area contributed by atoms with E-state index in [1.54, 1.807) is 12.1 Å². The second-order valence-electron chi connectivity index (χ2n) is 5.59. The van der Waals surface area contributed by atoms with Gasteiger partial charge in [-0.05, 0) is 57.2 Å². The van der Waals surface area contributed by atoms with Crippen LogP contribution in [0.5, 0.6) is 11.5 Å². The quantitative estimate of drug-likeness (QED) is 0.415. The molecule has 3 aliphatic rings. The van der Waals surface area contributed by atoms with Crippen molar-refractivity contribution in [3.05, 3.63) is 29.3 Å². The number of ether oxygens (including phenoxy) is 1. The van der Waals surface area contributed by atoms with Gasteiger partial charge in [-0.25, -0.2) is 4.79 Å². The van der Waals surface area contributed by atoms with Gasteiger partial charge in [0.25, 0.3) is 0 Å². The number of carbonyl (C=O) groups excluding carboxylic acids is 1. The van der Waals surface area contributed by atoms with Gasteiger partial charge in [0.1, 0.15) is 11.5 Å². The van der Waals surface area contributed by atoms with Gasteiger partial charge in [-0.3, -0.25) is 9.05 Å². The Bertz CT molecular complexity index is 718. The van der Waals surface area contributed by atoms with E-state index in [0.717, 1.165) is 42.4 Å². The lowest BCUT2D eigenvalue weighted by molar-refractivity contribution is -0.130. The summed E-state index contributed by atoms with van der Waals surface area (Å²) in [5, 5.41) is 0. The van der Waals surface area contributed by atoms with Crippen molar-refractivity contribution < 1.29 is 23.1 Å². The standard InChI is InChI=1S/C17H21O5PS/c1-3-19-23(24,20-4-2)22-16-11-12-9-10-14(16)13-7-5-6-8-15(13)17(18)21-12/h9-11H,3-8H2,1-2H3. The van der Waals surface area contributed by atoms with Crippen LogP contribution in [-0.4, -0.2) is 19.2 Å². The van der Waals surface area contributed by atoms with Gasteiger partial charge in [0.05, 0.1) is 13.2 Å². The Balaban J connectivity index is 2.04. The molecule has 0 N–H and O–H groups in total. The molecule has 2 bridgehead atoms. The van der Waals surface area contributed by atoms with Crippen LogP contribution in [0.4, 0.5) is 0 Å². The zero-order chi connectivity index (χ0) is 17.2. The van der Waals surface area contributed by atoms with Crippen LogP contribution in [-0.2, 0) is 25.6 Å². The minimum Gasteiger partial charge on any atom is -0.423 e. The molecule has 1 aromatic rings. The molecule has 1 aliphatic carbocycles. The predicted molar refractivity (Wildman–Crippen MR) is 95.6 cm³/mol. The average Bonchev–Trinajstić information content (AvgIpc) is 2.54. The Morgan fingerprint density at radius 1 is 1.12 bits per heavy atom. The van der Waals surface area contributed by atoms with Crippen LogP contribution in [0.1, 0.15) is 45.1 Å². The molecule has 1 aromatic carbocycles. The van der Waals surface area contributed by atoms with Crippen LogP contribution in [0, 0.1) is 0 Å². The lowest BCUT2D eigenvalue weighted by Gasteiger charge is -2.27. The monoisotopic (exact) mass is 368 g/mol. The fraction of sp³-hybridized carbons (Fsp3) is 0.471. The second-order valence-corrected chi connectivity index (χ2v) is 8.52. The van der Waals surface area contributed by atoms with Gasteiger partial charge in [-0.1, -0.05) is 0 Å². The smallest absolute Gasteiger partial charge is 0.380 e. The zero-order valence-electron chi connectivity index (χ0n) is 13.9. The summed E-state index contributed by atoms with van der Waals surface area (Å²) in [4.78, 5) is 12.3. The molecule has 5 nitrogen and oxygen atoms in total. The summed E-state index contributed by atoms with van der Waals surface area (Å²) in [6.45, 7) is 1.65. The van der Waals surface area contributed by atoms with Crippen LogP contribution >= 0.6 is 6.72 Å². The molecule has 130 valence electrons. The van der Waals surface area contributed by atoms with Gasteiger partial charge < -0.3 is 9.26 Å². The van der Waals surface area contributed by atoms with Gasteiger partial charge in [0.15, 0.2) is 0 Å². The highest BCUT2D eigenvalue weighted by molar-refractivity contribution is 8.07. The van der Waals surface area contributed by atoms with E-state index in [0.29, 0.717) is 24.7 Å². The number of carbonyl (C=O) groups is 1. The first-order valence-corrected chi connectivity index (χ1v) is 10.8. The van der Waals surface area contributed by atoms with Crippen LogP contribution in [0.3, 0.4) is 0 Å². The molecule has 0 spiro atoms. The van der Waals surface area contributed by atoms with E-state index in [9.17, 15) is 4.79 Å². The fourth-order valence-electron chi connectivity index (χ4n) is 3.01. The largest absolute Gasteiger partial charge is 0.423 e. The summed E-state index contributed by atoms with van der Waals surface area (Å²) in [7, 11) is 0. The lowest BCUT2D eigenvalue weighted by Crippen LogP contribution is -2.18. The van der Waals surface area contributed by atoms with Crippen molar-refractivity contribution in [3.8, 4) is 11.5 Å². The first-order chi connectivity index (χ1) is 11.6. The van der Waals surface area contributed by atoms with Gasteiger partial charge in [-0.15, -0.1) is 0 Å². The van der Waals surface area contributed by atoms with Crippen molar-refractivity contribution in [3.63, 3.8) is 0 Å². The number of hydrogen-bond donors (Lipinski definition) is 0. The Labute approximate surface area is 147 Å². The molecular weight excluding hydrogens is 347 g/mol. The zero-order valence-corrected chi connectivity index (χ0v) is 15.6. The van der Waals surface area contributed by atoms with Crippen molar-refractivity contribution in [1.29, 1.82) is 0 Å². The normalized spacial score (nSPS) is 17.2. The molecule has 0 saturated carbocycles. The highest BCUT2D eigenvalue weighted by Gasteiger charge is 2.30. The number of allylic oxidation sites excluding steroid dienone is 1. The Kier molecular flexibility index (Phi) is 5.40. The Morgan fingerprint density at radius 3 is 2.46 bits per heavy atom. The van der Waals surface area contributed by atoms with Crippen LogP contribution in [0.15, 0.2) is 23.8 Å². The summed E-state index contributed by atoms with van der Waals surface area (Å²) in [6, 6.07) is 5.41. The van der Waals surface area contributed by atoms with Gasteiger partial charge in [0, 0.05) is 29.0 Å². The van der Waals surface area contributed by atoms with E-state index in [1.807, 2.05) is 19.9 Å². The van der Waals surface area contributed by atoms with Crippen molar-refractivity contribution in [2.45, 2.75) is 39.5 Å². The third kappa shape index (κ3) is 3.57. The second kappa shape index (κ2) is 7.36. The van der Waals surface area contributed by atoms with Crippen LogP contribution in [0.2, 0.25) is 0 Å². The fourth-order valence-corrected chi connectivity index (χ4v) is 5.09. The molecule has 2 heterocycles. The number of hydrogen-bond acceptors (Lipinski definition) is 6. The van der Waals surface area contributed by atoms with Crippen LogP contribution < -0.4 is 9.26 Å². The maximum Gasteiger partial charge on any atom is 0.380 e. The SMILES string of the molecule is CCOP(=S)(OCC)Oc1cc2ccc1C1=C(CCCC1)C(=O)O2. The van der Waals surface area contributed by atoms with Gasteiger partial charge in [0.2, 0.25) is 0 Å². The third-order valence-electron chi connectivity index (χ3n) is 3.99. The molecule has 0 unspecified atom stereocenters. The molecule has 4 rings (SSSR count). The minimum atomic E-state index is -2.88. The van der Waals surface area contributed by atoms with Crippen LogP contribution in [0.25, 0.3) is 5.57 Å². The molecule has 0 fully saturated rings. The number of fused-ring (bicyclic) bond motifs is 3. The van der Waals surface area contributed by atoms with E-state index in [2.05, 4.69) is 0 Å². The Hall–Kier alpha value is -1.20. The molecule has 0 saturated heterocycles.